The highest BCUT2D eigenvalue weighted by Gasteiger charge is 2.12. The Bertz CT molecular complexity index is 196. The van der Waals surface area contributed by atoms with Crippen LogP contribution in [0.25, 0.3) is 0 Å². The van der Waals surface area contributed by atoms with Crippen molar-refractivity contribution in [1.29, 1.82) is 0 Å². The molecule has 14 heavy (non-hydrogen) atoms. The van der Waals surface area contributed by atoms with Gasteiger partial charge in [0.05, 0.1) is 6.17 Å². The molecule has 0 fully saturated rings. The molecule has 0 bridgehead atoms. The highest BCUT2D eigenvalue weighted by atomic mass is 19.3. The first-order valence-electron chi connectivity index (χ1n) is 3.94. The zero-order valence-corrected chi connectivity index (χ0v) is 7.86. The summed E-state index contributed by atoms with van der Waals surface area (Å²) in [6.45, 7) is 3.71. The fourth-order valence-electron chi connectivity index (χ4n) is 0.370. The van der Waals surface area contributed by atoms with Crippen molar-refractivity contribution in [2.75, 3.05) is 0 Å². The number of aliphatic carboxylic acids is 1. The molecule has 0 aromatic heterocycles. The summed E-state index contributed by atoms with van der Waals surface area (Å²) in [5, 5.41) is 7.44. The van der Waals surface area contributed by atoms with Crippen LogP contribution < -0.4 is 0 Å². The van der Waals surface area contributed by atoms with E-state index in [-0.39, 0.29) is 0 Å². The van der Waals surface area contributed by atoms with Gasteiger partial charge in [-0.15, -0.1) is 0 Å². The number of carbonyl (C=O) groups is 1. The molecule has 0 aromatic rings. The molecule has 0 saturated heterocycles. The lowest BCUT2D eigenvalue weighted by Crippen LogP contribution is -1.94. The molecule has 0 heterocycles. The molecule has 0 radical (unpaired) electrons. The Hall–Kier alpha value is -1.07. The molecular weight excluding hydrogens is 204 g/mol. The average Bonchev–Trinajstić information content (AvgIpc) is 2.15. The number of halogens is 4. The van der Waals surface area contributed by atoms with Gasteiger partial charge in [-0.1, -0.05) is 13.8 Å². The number of alkyl halides is 1. The number of carboxylic acids is 1. The first kappa shape index (κ1) is 15.4. The third-order valence-corrected chi connectivity index (χ3v) is 1.24. The van der Waals surface area contributed by atoms with Gasteiger partial charge >= 0.3 is 12.0 Å². The SMILES string of the molecule is CCC(F)CC.O=C(O)C(F)=C(F)F. The zero-order chi connectivity index (χ0) is 11.7. The molecule has 1 N–H and O–H groups in total. The Labute approximate surface area is 79.2 Å². The summed E-state index contributed by atoms with van der Waals surface area (Å²) in [5.74, 6) is -4.64. The molecular formula is C8H12F4O2. The van der Waals surface area contributed by atoms with E-state index in [1.54, 1.807) is 0 Å². The van der Waals surface area contributed by atoms with Crippen LogP contribution in [0.4, 0.5) is 17.6 Å². The summed E-state index contributed by atoms with van der Waals surface area (Å²) in [7, 11) is 0. The van der Waals surface area contributed by atoms with Crippen LogP contribution in [-0.2, 0) is 4.79 Å². The van der Waals surface area contributed by atoms with Crippen molar-refractivity contribution in [1.82, 2.24) is 0 Å². The van der Waals surface area contributed by atoms with Crippen LogP contribution in [0.5, 0.6) is 0 Å². The molecule has 0 amide bonds. The Morgan fingerprint density at radius 1 is 1.21 bits per heavy atom. The van der Waals surface area contributed by atoms with E-state index in [1.165, 1.54) is 0 Å². The van der Waals surface area contributed by atoms with Crippen molar-refractivity contribution >= 4 is 5.97 Å². The van der Waals surface area contributed by atoms with E-state index in [0.717, 1.165) is 0 Å². The maximum atomic E-state index is 11.9. The minimum Gasteiger partial charge on any atom is -0.476 e. The number of hydrogen-bond donors (Lipinski definition) is 1. The zero-order valence-electron chi connectivity index (χ0n) is 7.86. The number of rotatable bonds is 3. The van der Waals surface area contributed by atoms with E-state index in [0.29, 0.717) is 12.8 Å². The van der Waals surface area contributed by atoms with E-state index in [1.807, 2.05) is 13.8 Å². The van der Waals surface area contributed by atoms with Crippen molar-refractivity contribution in [2.24, 2.45) is 0 Å². The standard InChI is InChI=1S/C5H11F.C3HF3O2/c1-3-5(6)4-2;4-1(2(5)6)3(7)8/h5H,3-4H2,1-2H3;(H,7,8). The fraction of sp³-hybridized carbons (Fsp3) is 0.625. The Morgan fingerprint density at radius 3 is 1.57 bits per heavy atom. The molecule has 0 aliphatic carbocycles. The second-order valence-electron chi connectivity index (χ2n) is 2.29. The maximum absolute atomic E-state index is 11.9. The van der Waals surface area contributed by atoms with Crippen molar-refractivity contribution in [3.05, 3.63) is 11.9 Å². The summed E-state index contributed by atoms with van der Waals surface area (Å²) < 4.78 is 44.6. The lowest BCUT2D eigenvalue weighted by atomic mass is 10.2. The van der Waals surface area contributed by atoms with E-state index in [4.69, 9.17) is 5.11 Å². The van der Waals surface area contributed by atoms with Crippen molar-refractivity contribution in [2.45, 2.75) is 32.9 Å². The van der Waals surface area contributed by atoms with Gasteiger partial charge in [-0.2, -0.15) is 13.2 Å². The second-order valence-corrected chi connectivity index (χ2v) is 2.29. The Balaban J connectivity index is 0. The number of carboxylic acid groups (broad SMARTS) is 1. The topological polar surface area (TPSA) is 37.3 Å². The predicted octanol–water partition coefficient (Wildman–Crippen LogP) is 3.29. The summed E-state index contributed by atoms with van der Waals surface area (Å²) in [6, 6.07) is 0. The average molecular weight is 216 g/mol. The van der Waals surface area contributed by atoms with Crippen LogP contribution >= 0.6 is 0 Å². The molecule has 0 spiro atoms. The summed E-state index contributed by atoms with van der Waals surface area (Å²) >= 11 is 0. The van der Waals surface area contributed by atoms with E-state index in [2.05, 4.69) is 0 Å². The van der Waals surface area contributed by atoms with Crippen LogP contribution in [0, 0.1) is 0 Å². The molecule has 84 valence electrons. The second kappa shape index (κ2) is 8.52. The van der Waals surface area contributed by atoms with Gasteiger partial charge in [0.2, 0.25) is 0 Å². The molecule has 0 atom stereocenters. The van der Waals surface area contributed by atoms with Crippen LogP contribution in [0.1, 0.15) is 26.7 Å². The van der Waals surface area contributed by atoms with Gasteiger partial charge in [-0.25, -0.2) is 9.18 Å². The van der Waals surface area contributed by atoms with E-state index in [9.17, 15) is 22.4 Å². The quantitative estimate of drug-likeness (QED) is 0.580. The Kier molecular flexibility index (Phi) is 9.38. The first-order valence-corrected chi connectivity index (χ1v) is 3.94. The minimum absolute atomic E-state index is 0.565. The van der Waals surface area contributed by atoms with Gasteiger partial charge < -0.3 is 5.11 Å². The van der Waals surface area contributed by atoms with Crippen LogP contribution in [0.3, 0.4) is 0 Å². The highest BCUT2D eigenvalue weighted by Crippen LogP contribution is 2.07. The molecule has 6 heteroatoms. The monoisotopic (exact) mass is 216 g/mol. The smallest absolute Gasteiger partial charge is 0.370 e. The van der Waals surface area contributed by atoms with Gasteiger partial charge in [0, 0.05) is 0 Å². The van der Waals surface area contributed by atoms with Crippen molar-refractivity contribution in [3.63, 3.8) is 0 Å². The molecule has 0 rings (SSSR count). The minimum atomic E-state index is -2.81. The van der Waals surface area contributed by atoms with Crippen molar-refractivity contribution < 1.29 is 27.5 Å². The predicted molar refractivity (Wildman–Crippen MR) is 43.5 cm³/mol. The Morgan fingerprint density at radius 2 is 1.57 bits per heavy atom. The third-order valence-electron chi connectivity index (χ3n) is 1.24. The molecule has 0 unspecified atom stereocenters. The summed E-state index contributed by atoms with van der Waals surface area (Å²) in [4.78, 5) is 9.23. The summed E-state index contributed by atoms with van der Waals surface area (Å²) in [5.41, 5.74) is 0. The van der Waals surface area contributed by atoms with Crippen LogP contribution in [-0.4, -0.2) is 17.2 Å². The summed E-state index contributed by atoms with van der Waals surface area (Å²) in [6.07, 6.45) is -2.05. The molecule has 0 saturated carbocycles. The van der Waals surface area contributed by atoms with Gasteiger partial charge in [0.1, 0.15) is 0 Å². The van der Waals surface area contributed by atoms with Gasteiger partial charge in [0.25, 0.3) is 5.83 Å². The molecule has 2 nitrogen and oxygen atoms in total. The lowest BCUT2D eigenvalue weighted by molar-refractivity contribution is -0.134. The van der Waals surface area contributed by atoms with Crippen LogP contribution in [0.15, 0.2) is 11.9 Å². The largest absolute Gasteiger partial charge is 0.476 e. The van der Waals surface area contributed by atoms with Gasteiger partial charge in [0.15, 0.2) is 0 Å². The van der Waals surface area contributed by atoms with Gasteiger partial charge in [-0.3, -0.25) is 0 Å². The molecule has 0 aromatic carbocycles. The highest BCUT2D eigenvalue weighted by molar-refractivity contribution is 5.84. The van der Waals surface area contributed by atoms with E-state index < -0.39 is 24.0 Å². The first-order chi connectivity index (χ1) is 6.36. The van der Waals surface area contributed by atoms with E-state index >= 15 is 0 Å². The molecule has 0 aliphatic heterocycles. The lowest BCUT2D eigenvalue weighted by Gasteiger charge is -1.94. The van der Waals surface area contributed by atoms with Gasteiger partial charge in [-0.05, 0) is 12.8 Å². The number of hydrogen-bond acceptors (Lipinski definition) is 1. The fourth-order valence-corrected chi connectivity index (χ4v) is 0.370. The normalized spacial score (nSPS) is 9.07. The van der Waals surface area contributed by atoms with Crippen LogP contribution in [0.2, 0.25) is 0 Å². The molecule has 0 aliphatic rings. The third kappa shape index (κ3) is 9.02. The maximum Gasteiger partial charge on any atom is 0.370 e. The van der Waals surface area contributed by atoms with Crippen molar-refractivity contribution in [3.8, 4) is 0 Å².